The van der Waals surface area contributed by atoms with E-state index in [1.54, 1.807) is 13.2 Å². The minimum atomic E-state index is 0.466. The van der Waals surface area contributed by atoms with Gasteiger partial charge in [0.05, 0.1) is 18.4 Å². The molecule has 1 unspecified atom stereocenters. The van der Waals surface area contributed by atoms with Gasteiger partial charge in [-0.2, -0.15) is 17.0 Å². The number of ether oxygens (including phenoxy) is 1. The second-order valence-corrected chi connectivity index (χ2v) is 5.23. The first-order valence-electron chi connectivity index (χ1n) is 5.76. The first-order valence-corrected chi connectivity index (χ1v) is 6.91. The van der Waals surface area contributed by atoms with Crippen LogP contribution in [0.5, 0.6) is 5.75 Å². The van der Waals surface area contributed by atoms with E-state index in [1.165, 1.54) is 18.6 Å². The summed E-state index contributed by atoms with van der Waals surface area (Å²) in [6.07, 6.45) is 2.42. The molecule has 1 aliphatic heterocycles. The largest absolute Gasteiger partial charge is 0.497 e. The Bertz CT molecular complexity index is 422. The van der Waals surface area contributed by atoms with E-state index in [9.17, 15) is 0 Å². The molecule has 2 rings (SSSR count). The normalized spacial score (nSPS) is 19.4. The quantitative estimate of drug-likeness (QED) is 0.893. The average molecular weight is 248 g/mol. The molecule has 1 aliphatic rings. The van der Waals surface area contributed by atoms with Gasteiger partial charge in [0, 0.05) is 17.9 Å². The number of hydrogen-bond acceptors (Lipinski definition) is 4. The number of nitrogens with zero attached hydrogens (tertiary/aromatic N) is 1. The number of benzene rings is 1. The van der Waals surface area contributed by atoms with Crippen LogP contribution in [0.2, 0.25) is 0 Å². The lowest BCUT2D eigenvalue weighted by Gasteiger charge is -2.24. The van der Waals surface area contributed by atoms with Crippen LogP contribution in [0.25, 0.3) is 0 Å². The molecule has 0 bridgehead atoms. The molecule has 0 spiro atoms. The van der Waals surface area contributed by atoms with Crippen LogP contribution in [0.1, 0.15) is 18.4 Å². The van der Waals surface area contributed by atoms with Crippen LogP contribution < -0.4 is 10.1 Å². The third-order valence-corrected chi connectivity index (χ3v) is 4.08. The predicted octanol–water partition coefficient (Wildman–Crippen LogP) is 2.87. The van der Waals surface area contributed by atoms with Crippen molar-refractivity contribution in [2.45, 2.75) is 18.9 Å². The molecule has 4 heteroatoms. The Kier molecular flexibility index (Phi) is 4.16. The topological polar surface area (TPSA) is 45.0 Å². The highest BCUT2D eigenvalue weighted by atomic mass is 32.2. The molecule has 0 saturated carbocycles. The fraction of sp³-hybridized carbons (Fsp3) is 0.462. The number of anilines is 1. The maximum absolute atomic E-state index is 9.08. The van der Waals surface area contributed by atoms with E-state index in [0.717, 1.165) is 17.2 Å². The van der Waals surface area contributed by atoms with Gasteiger partial charge in [-0.15, -0.1) is 0 Å². The highest BCUT2D eigenvalue weighted by Gasteiger charge is 2.15. The zero-order valence-electron chi connectivity index (χ0n) is 9.90. The van der Waals surface area contributed by atoms with Crippen LogP contribution in [-0.2, 0) is 0 Å². The summed E-state index contributed by atoms with van der Waals surface area (Å²) in [4.78, 5) is 0. The monoisotopic (exact) mass is 248 g/mol. The lowest BCUT2D eigenvalue weighted by molar-refractivity contribution is 0.415. The molecule has 1 N–H and O–H groups in total. The fourth-order valence-corrected chi connectivity index (χ4v) is 3.01. The molecule has 1 heterocycles. The van der Waals surface area contributed by atoms with Crippen LogP contribution in [0.15, 0.2) is 18.2 Å². The van der Waals surface area contributed by atoms with Gasteiger partial charge in [0.25, 0.3) is 0 Å². The van der Waals surface area contributed by atoms with Crippen LogP contribution in [-0.4, -0.2) is 24.7 Å². The van der Waals surface area contributed by atoms with Crippen molar-refractivity contribution in [3.8, 4) is 11.8 Å². The second kappa shape index (κ2) is 5.83. The van der Waals surface area contributed by atoms with Crippen molar-refractivity contribution in [1.82, 2.24) is 0 Å². The molecule has 90 valence electrons. The van der Waals surface area contributed by atoms with Crippen molar-refractivity contribution in [1.29, 1.82) is 5.26 Å². The Hall–Kier alpha value is -1.34. The minimum absolute atomic E-state index is 0.466. The summed E-state index contributed by atoms with van der Waals surface area (Å²) in [7, 11) is 1.64. The van der Waals surface area contributed by atoms with Crippen LogP contribution in [0, 0.1) is 11.3 Å². The van der Waals surface area contributed by atoms with Gasteiger partial charge in [-0.1, -0.05) is 0 Å². The van der Waals surface area contributed by atoms with Gasteiger partial charge in [0.2, 0.25) is 0 Å². The van der Waals surface area contributed by atoms with E-state index in [0.29, 0.717) is 11.6 Å². The van der Waals surface area contributed by atoms with Crippen LogP contribution in [0.3, 0.4) is 0 Å². The molecule has 0 aromatic heterocycles. The molecule has 3 nitrogen and oxygen atoms in total. The van der Waals surface area contributed by atoms with Gasteiger partial charge >= 0.3 is 0 Å². The molecular weight excluding hydrogens is 232 g/mol. The first kappa shape index (κ1) is 12.1. The van der Waals surface area contributed by atoms with E-state index < -0.39 is 0 Å². The Morgan fingerprint density at radius 2 is 2.41 bits per heavy atom. The molecule has 0 aliphatic carbocycles. The van der Waals surface area contributed by atoms with Crippen molar-refractivity contribution in [3.05, 3.63) is 23.8 Å². The van der Waals surface area contributed by atoms with Crippen molar-refractivity contribution < 1.29 is 4.74 Å². The number of hydrogen-bond donors (Lipinski definition) is 1. The first-order chi connectivity index (χ1) is 8.33. The maximum atomic E-state index is 9.08. The highest BCUT2D eigenvalue weighted by Crippen LogP contribution is 2.26. The van der Waals surface area contributed by atoms with Gasteiger partial charge in [-0.25, -0.2) is 0 Å². The number of thioether (sulfide) groups is 1. The molecule has 1 aromatic carbocycles. The van der Waals surface area contributed by atoms with Crippen molar-refractivity contribution >= 4 is 17.4 Å². The maximum Gasteiger partial charge on any atom is 0.121 e. The summed E-state index contributed by atoms with van der Waals surface area (Å²) in [5.41, 5.74) is 1.57. The molecular formula is C13H16N2OS. The average Bonchev–Trinajstić information content (AvgIpc) is 2.40. The van der Waals surface area contributed by atoms with Gasteiger partial charge in [-0.3, -0.25) is 0 Å². The Morgan fingerprint density at radius 3 is 3.06 bits per heavy atom. The third kappa shape index (κ3) is 3.07. The zero-order valence-corrected chi connectivity index (χ0v) is 10.7. The summed E-state index contributed by atoms with van der Waals surface area (Å²) >= 11 is 1.97. The second-order valence-electron chi connectivity index (χ2n) is 4.08. The van der Waals surface area contributed by atoms with Gasteiger partial charge < -0.3 is 10.1 Å². The number of rotatable bonds is 3. The highest BCUT2D eigenvalue weighted by molar-refractivity contribution is 7.99. The molecule has 1 saturated heterocycles. The molecule has 0 amide bonds. The lowest BCUT2D eigenvalue weighted by atomic mass is 10.1. The number of nitriles is 1. The van der Waals surface area contributed by atoms with E-state index in [2.05, 4.69) is 11.4 Å². The third-order valence-electron chi connectivity index (χ3n) is 2.87. The van der Waals surface area contributed by atoms with Gasteiger partial charge in [0.1, 0.15) is 11.8 Å². The van der Waals surface area contributed by atoms with Gasteiger partial charge in [-0.05, 0) is 30.7 Å². The number of nitrogens with one attached hydrogen (secondary N) is 1. The Labute approximate surface area is 106 Å². The lowest BCUT2D eigenvalue weighted by Crippen LogP contribution is -2.26. The Balaban J connectivity index is 2.14. The summed E-state index contributed by atoms with van der Waals surface area (Å²) in [6.45, 7) is 0. The summed E-state index contributed by atoms with van der Waals surface area (Å²) in [5, 5.41) is 12.5. The van der Waals surface area contributed by atoms with Crippen LogP contribution >= 0.6 is 11.8 Å². The molecule has 1 fully saturated rings. The summed E-state index contributed by atoms with van der Waals surface area (Å²) in [6, 6.07) is 8.20. The zero-order chi connectivity index (χ0) is 12.1. The van der Waals surface area contributed by atoms with Crippen molar-refractivity contribution in [2.24, 2.45) is 0 Å². The van der Waals surface area contributed by atoms with E-state index in [1.807, 2.05) is 23.9 Å². The molecule has 1 aromatic rings. The SMILES string of the molecule is COc1ccc(C#N)c(NC2CCCSC2)c1. The van der Waals surface area contributed by atoms with Crippen molar-refractivity contribution in [2.75, 3.05) is 23.9 Å². The fourth-order valence-electron chi connectivity index (χ4n) is 1.94. The number of methoxy groups -OCH3 is 1. The molecule has 0 radical (unpaired) electrons. The van der Waals surface area contributed by atoms with E-state index in [-0.39, 0.29) is 0 Å². The van der Waals surface area contributed by atoms with E-state index in [4.69, 9.17) is 10.00 Å². The van der Waals surface area contributed by atoms with E-state index >= 15 is 0 Å². The van der Waals surface area contributed by atoms with Gasteiger partial charge in [0.15, 0.2) is 0 Å². The molecule has 1 atom stereocenters. The van der Waals surface area contributed by atoms with Crippen LogP contribution in [0.4, 0.5) is 5.69 Å². The summed E-state index contributed by atoms with van der Waals surface area (Å²) < 4.78 is 5.19. The van der Waals surface area contributed by atoms with Crippen molar-refractivity contribution in [3.63, 3.8) is 0 Å². The standard InChI is InChI=1S/C13H16N2OS/c1-16-12-5-4-10(8-14)13(7-12)15-11-3-2-6-17-9-11/h4-5,7,11,15H,2-3,6,9H2,1H3. The smallest absolute Gasteiger partial charge is 0.121 e. The predicted molar refractivity (Wildman–Crippen MR) is 71.7 cm³/mol. The minimum Gasteiger partial charge on any atom is -0.497 e. The Morgan fingerprint density at radius 1 is 1.53 bits per heavy atom. The molecule has 17 heavy (non-hydrogen) atoms. The summed E-state index contributed by atoms with van der Waals surface area (Å²) in [5.74, 6) is 3.15.